The Hall–Kier alpha value is -0.910. The smallest absolute Gasteiger partial charge is 0.338 e. The fourth-order valence-corrected chi connectivity index (χ4v) is 1.96. The molecule has 0 spiro atoms. The predicted molar refractivity (Wildman–Crippen MR) is 61.9 cm³/mol. The second kappa shape index (κ2) is 5.98. The molecule has 1 aromatic rings. The Bertz CT molecular complexity index is 323. The third-order valence-electron chi connectivity index (χ3n) is 2.22. The second-order valence-corrected chi connectivity index (χ2v) is 4.68. The lowest BCUT2D eigenvalue weighted by atomic mass is 10.1. The van der Waals surface area contributed by atoms with Gasteiger partial charge in [-0.05, 0) is 18.4 Å². The Labute approximate surface area is 98.8 Å². The topological polar surface area (TPSA) is 55.8 Å². The molecule has 0 saturated heterocycles. The Morgan fingerprint density at radius 1 is 1.62 bits per heavy atom. The zero-order valence-corrected chi connectivity index (χ0v) is 10.3. The first-order valence-corrected chi connectivity index (χ1v) is 5.85. The zero-order valence-electron chi connectivity index (χ0n) is 9.43. The molecule has 0 fully saturated rings. The average molecular weight is 244 g/mol. The molecule has 1 unspecified atom stereocenters. The van der Waals surface area contributed by atoms with Gasteiger partial charge in [-0.2, -0.15) is 0 Å². The van der Waals surface area contributed by atoms with Gasteiger partial charge in [-0.25, -0.2) is 4.79 Å². The van der Waals surface area contributed by atoms with Crippen LogP contribution in [0.5, 0.6) is 0 Å². The second-order valence-electron chi connectivity index (χ2n) is 3.65. The van der Waals surface area contributed by atoms with Gasteiger partial charge in [0.25, 0.3) is 0 Å². The van der Waals surface area contributed by atoms with E-state index in [-0.39, 0.29) is 6.61 Å². The van der Waals surface area contributed by atoms with Crippen LogP contribution >= 0.6 is 11.3 Å². The maximum absolute atomic E-state index is 11.0. The quantitative estimate of drug-likeness (QED) is 0.794. The van der Waals surface area contributed by atoms with Gasteiger partial charge in [0.1, 0.15) is 0 Å². The molecule has 0 radical (unpaired) electrons. The van der Waals surface area contributed by atoms with E-state index in [0.29, 0.717) is 6.61 Å². The largest absolute Gasteiger partial charge is 0.479 e. The van der Waals surface area contributed by atoms with Crippen molar-refractivity contribution in [2.75, 3.05) is 20.3 Å². The van der Waals surface area contributed by atoms with Gasteiger partial charge in [0.15, 0.2) is 5.60 Å². The summed E-state index contributed by atoms with van der Waals surface area (Å²) in [5.41, 5.74) is -1.26. The van der Waals surface area contributed by atoms with Crippen molar-refractivity contribution in [2.24, 2.45) is 0 Å². The zero-order chi connectivity index (χ0) is 12.0. The summed E-state index contributed by atoms with van der Waals surface area (Å²) in [7, 11) is 1.46. The Morgan fingerprint density at radius 2 is 2.38 bits per heavy atom. The molecule has 0 aliphatic heterocycles. The van der Waals surface area contributed by atoms with E-state index in [1.807, 2.05) is 17.5 Å². The lowest BCUT2D eigenvalue weighted by Crippen LogP contribution is -2.43. The van der Waals surface area contributed by atoms with Crippen LogP contribution in [0.3, 0.4) is 0 Å². The van der Waals surface area contributed by atoms with Crippen LogP contribution in [0.15, 0.2) is 17.5 Å². The molecular weight excluding hydrogens is 228 g/mol. The fourth-order valence-electron chi connectivity index (χ4n) is 1.27. The van der Waals surface area contributed by atoms with Gasteiger partial charge in [-0.15, -0.1) is 11.3 Å². The summed E-state index contributed by atoms with van der Waals surface area (Å²) < 4.78 is 10.2. The summed E-state index contributed by atoms with van der Waals surface area (Å²) in [6.07, 6.45) is 0.726. The molecule has 0 saturated carbocycles. The number of carboxylic acids is 1. The molecule has 0 aliphatic carbocycles. The number of hydrogen-bond donors (Lipinski definition) is 1. The molecule has 5 heteroatoms. The molecule has 1 aromatic heterocycles. The van der Waals surface area contributed by atoms with Crippen molar-refractivity contribution in [1.29, 1.82) is 0 Å². The van der Waals surface area contributed by atoms with Gasteiger partial charge in [-0.1, -0.05) is 6.07 Å². The molecule has 90 valence electrons. The standard InChI is InChI=1S/C11H16O4S/c1-11(8-14-2,10(12)13)15-6-5-9-4-3-7-16-9/h3-4,7H,5-6,8H2,1-2H3,(H,12,13). The number of hydrogen-bond acceptors (Lipinski definition) is 4. The van der Waals surface area contributed by atoms with Crippen LogP contribution < -0.4 is 0 Å². The van der Waals surface area contributed by atoms with Gasteiger partial charge in [0.05, 0.1) is 13.2 Å². The summed E-state index contributed by atoms with van der Waals surface area (Å²) in [5, 5.41) is 11.0. The van der Waals surface area contributed by atoms with E-state index >= 15 is 0 Å². The maximum atomic E-state index is 11.0. The Kier molecular flexibility index (Phi) is 4.92. The first kappa shape index (κ1) is 13.2. The van der Waals surface area contributed by atoms with Crippen LogP contribution in [0, 0.1) is 0 Å². The van der Waals surface area contributed by atoms with Crippen molar-refractivity contribution in [3.05, 3.63) is 22.4 Å². The number of ether oxygens (including phenoxy) is 2. The SMILES string of the molecule is COCC(C)(OCCc1cccs1)C(=O)O. The van der Waals surface area contributed by atoms with Gasteiger partial charge >= 0.3 is 5.97 Å². The molecule has 4 nitrogen and oxygen atoms in total. The predicted octanol–water partition coefficient (Wildman–Crippen LogP) is 1.80. The number of carbonyl (C=O) groups is 1. The Balaban J connectivity index is 2.41. The van der Waals surface area contributed by atoms with Crippen LogP contribution in [0.1, 0.15) is 11.8 Å². The highest BCUT2D eigenvalue weighted by Gasteiger charge is 2.34. The van der Waals surface area contributed by atoms with E-state index in [1.54, 1.807) is 11.3 Å². The van der Waals surface area contributed by atoms with Crippen molar-refractivity contribution in [3.63, 3.8) is 0 Å². The third kappa shape index (κ3) is 3.59. The van der Waals surface area contributed by atoms with Crippen molar-refractivity contribution in [1.82, 2.24) is 0 Å². The molecular formula is C11H16O4S. The average Bonchev–Trinajstić information content (AvgIpc) is 2.70. The van der Waals surface area contributed by atoms with Crippen molar-refractivity contribution in [2.45, 2.75) is 18.9 Å². The van der Waals surface area contributed by atoms with Crippen molar-refractivity contribution < 1.29 is 19.4 Å². The van der Waals surface area contributed by atoms with Gasteiger partial charge in [0, 0.05) is 18.4 Å². The minimum atomic E-state index is -1.26. The van der Waals surface area contributed by atoms with E-state index < -0.39 is 11.6 Å². The number of thiophene rings is 1. The van der Waals surface area contributed by atoms with E-state index in [2.05, 4.69) is 0 Å². The van der Waals surface area contributed by atoms with Crippen molar-refractivity contribution >= 4 is 17.3 Å². The molecule has 0 aliphatic rings. The van der Waals surface area contributed by atoms with Crippen LogP contribution in [0.2, 0.25) is 0 Å². The molecule has 0 aromatic carbocycles. The highest BCUT2D eigenvalue weighted by Crippen LogP contribution is 2.14. The molecule has 0 bridgehead atoms. The van der Waals surface area contributed by atoms with Crippen LogP contribution in [-0.4, -0.2) is 37.0 Å². The number of rotatable bonds is 7. The number of aliphatic carboxylic acids is 1. The minimum Gasteiger partial charge on any atom is -0.479 e. The van der Waals surface area contributed by atoms with Crippen molar-refractivity contribution in [3.8, 4) is 0 Å². The lowest BCUT2D eigenvalue weighted by molar-refractivity contribution is -0.170. The van der Waals surface area contributed by atoms with Crippen LogP contribution in [0.4, 0.5) is 0 Å². The lowest BCUT2D eigenvalue weighted by Gasteiger charge is -2.24. The highest BCUT2D eigenvalue weighted by molar-refractivity contribution is 7.09. The third-order valence-corrected chi connectivity index (χ3v) is 3.16. The van der Waals surface area contributed by atoms with Gasteiger partial charge < -0.3 is 14.6 Å². The van der Waals surface area contributed by atoms with Crippen LogP contribution in [-0.2, 0) is 20.7 Å². The van der Waals surface area contributed by atoms with Gasteiger partial charge in [0.2, 0.25) is 0 Å². The molecule has 16 heavy (non-hydrogen) atoms. The van der Waals surface area contributed by atoms with Crippen LogP contribution in [0.25, 0.3) is 0 Å². The monoisotopic (exact) mass is 244 g/mol. The maximum Gasteiger partial charge on any atom is 0.338 e. The van der Waals surface area contributed by atoms with Gasteiger partial charge in [-0.3, -0.25) is 0 Å². The first-order valence-electron chi connectivity index (χ1n) is 4.97. The summed E-state index contributed by atoms with van der Waals surface area (Å²) >= 11 is 1.64. The fraction of sp³-hybridized carbons (Fsp3) is 0.545. The summed E-state index contributed by atoms with van der Waals surface area (Å²) in [5.74, 6) is -1.000. The highest BCUT2D eigenvalue weighted by atomic mass is 32.1. The molecule has 1 heterocycles. The molecule has 1 rings (SSSR count). The molecule has 1 atom stereocenters. The van der Waals surface area contributed by atoms with E-state index in [4.69, 9.17) is 14.6 Å². The number of carboxylic acid groups (broad SMARTS) is 1. The Morgan fingerprint density at radius 3 is 2.88 bits per heavy atom. The minimum absolute atomic E-state index is 0.0484. The van der Waals surface area contributed by atoms with E-state index in [9.17, 15) is 4.79 Å². The molecule has 0 amide bonds. The number of methoxy groups -OCH3 is 1. The normalized spacial score (nSPS) is 14.6. The molecule has 1 N–H and O–H groups in total. The summed E-state index contributed by atoms with van der Waals surface area (Å²) in [6.45, 7) is 1.95. The summed E-state index contributed by atoms with van der Waals surface area (Å²) in [4.78, 5) is 12.2. The summed E-state index contributed by atoms with van der Waals surface area (Å²) in [6, 6.07) is 3.97. The first-order chi connectivity index (χ1) is 7.58. The van der Waals surface area contributed by atoms with E-state index in [1.165, 1.54) is 18.9 Å². The van der Waals surface area contributed by atoms with E-state index in [0.717, 1.165) is 6.42 Å².